The van der Waals surface area contributed by atoms with E-state index in [-0.39, 0.29) is 23.6 Å². The molecule has 4 nitrogen and oxygen atoms in total. The average molecular weight is 192 g/mol. The summed E-state index contributed by atoms with van der Waals surface area (Å²) >= 11 is 4.83. The number of sulfone groups is 1. The second-order valence-corrected chi connectivity index (χ2v) is 5.47. The highest BCUT2D eigenvalue weighted by molar-refractivity contribution is 7.91. The molecule has 0 radical (unpaired) electrons. The first-order chi connectivity index (χ1) is 5.07. The fraction of sp³-hybridized carbons (Fsp3) is 0.800. The molecular weight excluding hydrogens is 184 g/mol. The van der Waals surface area contributed by atoms with E-state index in [1.807, 2.05) is 0 Å². The number of hydrogen-bond donors (Lipinski definition) is 2. The molecule has 2 saturated heterocycles. The predicted molar refractivity (Wildman–Crippen MR) is 45.1 cm³/mol. The van der Waals surface area contributed by atoms with Crippen molar-refractivity contribution in [3.63, 3.8) is 0 Å². The number of thiocarbonyl (C=S) groups is 1. The summed E-state index contributed by atoms with van der Waals surface area (Å²) in [5.74, 6) is 0.426. The van der Waals surface area contributed by atoms with Gasteiger partial charge in [-0.2, -0.15) is 0 Å². The van der Waals surface area contributed by atoms with Gasteiger partial charge in [0, 0.05) is 0 Å². The topological polar surface area (TPSA) is 58.2 Å². The predicted octanol–water partition coefficient (Wildman–Crippen LogP) is -1.37. The van der Waals surface area contributed by atoms with E-state index in [2.05, 4.69) is 10.6 Å². The number of nitrogens with one attached hydrogen (secondary N) is 2. The molecule has 62 valence electrons. The highest BCUT2D eigenvalue weighted by Gasteiger charge is 2.42. The van der Waals surface area contributed by atoms with Gasteiger partial charge in [0.2, 0.25) is 0 Å². The minimum Gasteiger partial charge on any atom is -0.357 e. The molecule has 0 aromatic heterocycles. The van der Waals surface area contributed by atoms with Crippen molar-refractivity contribution in [3.05, 3.63) is 0 Å². The van der Waals surface area contributed by atoms with Crippen LogP contribution in [0.15, 0.2) is 0 Å². The quantitative estimate of drug-likeness (QED) is 0.464. The summed E-state index contributed by atoms with van der Waals surface area (Å²) in [7, 11) is -2.81. The first kappa shape index (κ1) is 7.30. The van der Waals surface area contributed by atoms with Gasteiger partial charge in [-0.1, -0.05) is 0 Å². The zero-order valence-electron chi connectivity index (χ0n) is 5.70. The van der Waals surface area contributed by atoms with E-state index in [0.29, 0.717) is 5.11 Å². The van der Waals surface area contributed by atoms with Crippen LogP contribution >= 0.6 is 12.2 Å². The van der Waals surface area contributed by atoms with Crippen LogP contribution in [-0.2, 0) is 9.84 Å². The summed E-state index contributed by atoms with van der Waals surface area (Å²) in [5.41, 5.74) is 0. The molecule has 0 spiro atoms. The molecule has 0 aliphatic carbocycles. The minimum absolute atomic E-state index is 0.00694. The van der Waals surface area contributed by atoms with Crippen molar-refractivity contribution < 1.29 is 8.42 Å². The third-order valence-electron chi connectivity index (χ3n) is 1.99. The Bertz CT molecular complexity index is 276. The standard InChI is InChI=1S/C5H8N2O2S2/c8-11(9)1-3-4(2-11)7-5(10)6-3/h3-4H,1-2H2,(H2,6,7,10)/t3-,4-/m0/s1. The maximum atomic E-state index is 11.0. The van der Waals surface area contributed by atoms with Crippen LogP contribution in [0, 0.1) is 0 Å². The SMILES string of the molecule is O=S1(=O)C[C@@H]2NC(=S)N[C@H]2C1. The fourth-order valence-electron chi connectivity index (χ4n) is 1.51. The number of hydrogen-bond acceptors (Lipinski definition) is 3. The normalized spacial score (nSPS) is 39.5. The number of fused-ring (bicyclic) bond motifs is 1. The van der Waals surface area contributed by atoms with Gasteiger partial charge in [-0.05, 0) is 12.2 Å². The summed E-state index contributed by atoms with van der Waals surface area (Å²) < 4.78 is 22.1. The largest absolute Gasteiger partial charge is 0.357 e. The van der Waals surface area contributed by atoms with E-state index in [1.165, 1.54) is 0 Å². The van der Waals surface area contributed by atoms with E-state index in [9.17, 15) is 8.42 Å². The van der Waals surface area contributed by atoms with Crippen LogP contribution < -0.4 is 10.6 Å². The minimum atomic E-state index is -2.81. The molecule has 0 aromatic rings. The van der Waals surface area contributed by atoms with Crippen molar-refractivity contribution in [1.29, 1.82) is 0 Å². The molecular formula is C5H8N2O2S2. The van der Waals surface area contributed by atoms with Crippen molar-refractivity contribution in [1.82, 2.24) is 10.6 Å². The lowest BCUT2D eigenvalue weighted by Gasteiger charge is -2.02. The van der Waals surface area contributed by atoms with Gasteiger partial charge in [0.15, 0.2) is 14.9 Å². The molecule has 0 unspecified atom stereocenters. The lowest BCUT2D eigenvalue weighted by Crippen LogP contribution is -2.31. The Hall–Kier alpha value is -0.360. The van der Waals surface area contributed by atoms with Gasteiger partial charge in [0.25, 0.3) is 0 Å². The third kappa shape index (κ3) is 1.20. The Kier molecular flexibility index (Phi) is 1.37. The first-order valence-corrected chi connectivity index (χ1v) is 5.57. The van der Waals surface area contributed by atoms with Gasteiger partial charge >= 0.3 is 0 Å². The Labute approximate surface area is 70.3 Å². The van der Waals surface area contributed by atoms with Crippen LogP contribution in [0.5, 0.6) is 0 Å². The lowest BCUT2D eigenvalue weighted by molar-refractivity contribution is 0.600. The van der Waals surface area contributed by atoms with Crippen LogP contribution in [0.3, 0.4) is 0 Å². The number of rotatable bonds is 0. The molecule has 0 amide bonds. The first-order valence-electron chi connectivity index (χ1n) is 3.34. The van der Waals surface area contributed by atoms with Crippen molar-refractivity contribution >= 4 is 27.2 Å². The fourth-order valence-corrected chi connectivity index (χ4v) is 3.67. The highest BCUT2D eigenvalue weighted by atomic mass is 32.2. The van der Waals surface area contributed by atoms with Crippen LogP contribution in [-0.4, -0.2) is 37.1 Å². The summed E-state index contributed by atoms with van der Waals surface area (Å²) in [6, 6.07) is 0.0139. The molecule has 0 bridgehead atoms. The average Bonchev–Trinajstić information content (AvgIpc) is 2.17. The van der Waals surface area contributed by atoms with Gasteiger partial charge in [0.1, 0.15) is 0 Å². The second kappa shape index (κ2) is 2.07. The zero-order chi connectivity index (χ0) is 8.06. The smallest absolute Gasteiger partial charge is 0.166 e. The van der Waals surface area contributed by atoms with E-state index in [0.717, 1.165) is 0 Å². The van der Waals surface area contributed by atoms with Crippen LogP contribution in [0.25, 0.3) is 0 Å². The molecule has 0 saturated carbocycles. The maximum absolute atomic E-state index is 11.0. The van der Waals surface area contributed by atoms with Crippen LogP contribution in [0.1, 0.15) is 0 Å². The second-order valence-electron chi connectivity index (χ2n) is 2.91. The van der Waals surface area contributed by atoms with Crippen molar-refractivity contribution in [2.75, 3.05) is 11.5 Å². The molecule has 6 heteroatoms. The Morgan fingerprint density at radius 2 is 1.73 bits per heavy atom. The zero-order valence-corrected chi connectivity index (χ0v) is 7.33. The van der Waals surface area contributed by atoms with Gasteiger partial charge in [-0.25, -0.2) is 8.42 Å². The van der Waals surface area contributed by atoms with Crippen LogP contribution in [0.2, 0.25) is 0 Å². The van der Waals surface area contributed by atoms with E-state index in [4.69, 9.17) is 12.2 Å². The van der Waals surface area contributed by atoms with E-state index in [1.54, 1.807) is 0 Å². The van der Waals surface area contributed by atoms with Gasteiger partial charge in [-0.3, -0.25) is 0 Å². The molecule has 2 N–H and O–H groups in total. The summed E-state index contributed by atoms with van der Waals surface area (Å²) in [6.45, 7) is 0. The maximum Gasteiger partial charge on any atom is 0.166 e. The van der Waals surface area contributed by atoms with E-state index >= 15 is 0 Å². The Balaban J connectivity index is 2.22. The summed E-state index contributed by atoms with van der Waals surface area (Å²) in [6.07, 6.45) is 0. The molecule has 2 atom stereocenters. The van der Waals surface area contributed by atoms with Gasteiger partial charge < -0.3 is 10.6 Å². The molecule has 2 heterocycles. The molecule has 2 aliphatic heterocycles. The molecule has 2 rings (SSSR count). The van der Waals surface area contributed by atoms with Crippen molar-refractivity contribution in [3.8, 4) is 0 Å². The van der Waals surface area contributed by atoms with Crippen molar-refractivity contribution in [2.45, 2.75) is 12.1 Å². The Morgan fingerprint density at radius 3 is 2.18 bits per heavy atom. The third-order valence-corrected chi connectivity index (χ3v) is 3.96. The summed E-state index contributed by atoms with van der Waals surface area (Å²) in [4.78, 5) is 0. The molecule has 2 fully saturated rings. The highest BCUT2D eigenvalue weighted by Crippen LogP contribution is 2.15. The van der Waals surface area contributed by atoms with Crippen molar-refractivity contribution in [2.24, 2.45) is 0 Å². The lowest BCUT2D eigenvalue weighted by atomic mass is 10.2. The van der Waals surface area contributed by atoms with E-state index < -0.39 is 9.84 Å². The summed E-state index contributed by atoms with van der Waals surface area (Å²) in [5, 5.41) is 6.40. The molecule has 11 heavy (non-hydrogen) atoms. The Morgan fingerprint density at radius 1 is 1.27 bits per heavy atom. The van der Waals surface area contributed by atoms with Gasteiger partial charge in [-0.15, -0.1) is 0 Å². The monoisotopic (exact) mass is 192 g/mol. The van der Waals surface area contributed by atoms with Crippen LogP contribution in [0.4, 0.5) is 0 Å². The van der Waals surface area contributed by atoms with Gasteiger partial charge in [0.05, 0.1) is 23.6 Å². The molecule has 0 aromatic carbocycles. The molecule has 2 aliphatic rings.